The minimum atomic E-state index is -3.56. The molecule has 110 valence electrons. The van der Waals surface area contributed by atoms with Gasteiger partial charge in [0.2, 0.25) is 0 Å². The molecule has 1 aliphatic rings. The first-order chi connectivity index (χ1) is 9.36. The molecule has 1 amide bonds. The molecule has 2 rings (SSSR count). The maximum atomic E-state index is 12.3. The van der Waals surface area contributed by atoms with Crippen LogP contribution < -0.4 is 4.72 Å². The van der Waals surface area contributed by atoms with Crippen LogP contribution in [0.2, 0.25) is 0 Å². The summed E-state index contributed by atoms with van der Waals surface area (Å²) >= 11 is 0. The molecule has 1 aromatic rings. The normalized spacial score (nSPS) is 19.0. The van der Waals surface area contributed by atoms with Gasteiger partial charge in [0.15, 0.2) is 5.03 Å². The van der Waals surface area contributed by atoms with E-state index in [1.165, 1.54) is 25.4 Å². The predicted molar refractivity (Wildman–Crippen MR) is 74.8 cm³/mol. The fourth-order valence-electron chi connectivity index (χ4n) is 2.29. The van der Waals surface area contributed by atoms with Crippen LogP contribution >= 0.6 is 0 Å². The number of aromatic nitrogens is 1. The number of hydrogen-bond acceptors (Lipinski definition) is 4. The van der Waals surface area contributed by atoms with Crippen molar-refractivity contribution in [2.75, 3.05) is 13.6 Å². The zero-order valence-corrected chi connectivity index (χ0v) is 12.6. The van der Waals surface area contributed by atoms with Crippen molar-refractivity contribution in [3.8, 4) is 0 Å². The van der Waals surface area contributed by atoms with Gasteiger partial charge in [0, 0.05) is 18.8 Å². The first-order valence-electron chi connectivity index (χ1n) is 6.57. The van der Waals surface area contributed by atoms with Gasteiger partial charge in [0.25, 0.3) is 15.9 Å². The van der Waals surface area contributed by atoms with Gasteiger partial charge in [-0.05, 0) is 31.5 Å². The molecule has 2 heterocycles. The van der Waals surface area contributed by atoms with Crippen molar-refractivity contribution in [3.63, 3.8) is 0 Å². The van der Waals surface area contributed by atoms with Crippen molar-refractivity contribution in [2.24, 2.45) is 5.92 Å². The number of rotatable bonds is 4. The van der Waals surface area contributed by atoms with Gasteiger partial charge in [0.05, 0.1) is 5.56 Å². The van der Waals surface area contributed by atoms with E-state index in [-0.39, 0.29) is 17.0 Å². The highest BCUT2D eigenvalue weighted by Crippen LogP contribution is 2.26. The highest BCUT2D eigenvalue weighted by molar-refractivity contribution is 7.89. The van der Waals surface area contributed by atoms with Gasteiger partial charge in [-0.2, -0.15) is 0 Å². The van der Waals surface area contributed by atoms with Crippen molar-refractivity contribution in [1.29, 1.82) is 0 Å². The van der Waals surface area contributed by atoms with Crippen molar-refractivity contribution in [3.05, 3.63) is 23.9 Å². The van der Waals surface area contributed by atoms with Crippen LogP contribution in [0.5, 0.6) is 0 Å². The van der Waals surface area contributed by atoms with Crippen LogP contribution in [0.3, 0.4) is 0 Å². The minimum absolute atomic E-state index is 0.0828. The lowest BCUT2D eigenvalue weighted by Crippen LogP contribution is -2.53. The van der Waals surface area contributed by atoms with E-state index in [9.17, 15) is 13.2 Å². The second-order valence-electron chi connectivity index (χ2n) is 5.19. The van der Waals surface area contributed by atoms with Gasteiger partial charge in [-0.3, -0.25) is 4.79 Å². The molecule has 20 heavy (non-hydrogen) atoms. The third-order valence-corrected chi connectivity index (χ3v) is 4.95. The molecule has 1 saturated heterocycles. The topological polar surface area (TPSA) is 79.4 Å². The molecule has 1 fully saturated rings. The molecule has 1 N–H and O–H groups in total. The van der Waals surface area contributed by atoms with E-state index in [1.807, 2.05) is 4.90 Å². The number of sulfonamides is 1. The van der Waals surface area contributed by atoms with Crippen LogP contribution in [0.4, 0.5) is 0 Å². The zero-order valence-electron chi connectivity index (χ0n) is 11.8. The largest absolute Gasteiger partial charge is 0.335 e. The fourth-order valence-corrected chi connectivity index (χ4v) is 2.94. The van der Waals surface area contributed by atoms with E-state index in [0.29, 0.717) is 11.5 Å². The van der Waals surface area contributed by atoms with Crippen LogP contribution in [-0.4, -0.2) is 43.8 Å². The first kappa shape index (κ1) is 14.9. The third kappa shape index (κ3) is 2.69. The summed E-state index contributed by atoms with van der Waals surface area (Å²) in [7, 11) is -2.24. The number of amides is 1. The van der Waals surface area contributed by atoms with E-state index >= 15 is 0 Å². The standard InChI is InChI=1S/C13H19N3O3S/c1-9(2)11-6-7-16(11)13(17)10-4-5-12(15-8-10)20(18,19)14-3/h4-5,8-9,11,14H,6-7H2,1-3H3/t11-/m0/s1. The van der Waals surface area contributed by atoms with Crippen LogP contribution in [0.15, 0.2) is 23.4 Å². The van der Waals surface area contributed by atoms with E-state index < -0.39 is 10.0 Å². The van der Waals surface area contributed by atoms with Gasteiger partial charge < -0.3 is 4.90 Å². The molecular weight excluding hydrogens is 278 g/mol. The monoisotopic (exact) mass is 297 g/mol. The molecule has 0 aliphatic carbocycles. The molecule has 0 unspecified atom stereocenters. The Morgan fingerprint density at radius 3 is 2.55 bits per heavy atom. The molecule has 1 aromatic heterocycles. The summed E-state index contributed by atoms with van der Waals surface area (Å²) in [6.45, 7) is 4.92. The van der Waals surface area contributed by atoms with Crippen molar-refractivity contribution < 1.29 is 13.2 Å². The summed E-state index contributed by atoms with van der Waals surface area (Å²) < 4.78 is 25.3. The zero-order chi connectivity index (χ0) is 14.9. The Bertz CT molecular complexity index is 596. The summed E-state index contributed by atoms with van der Waals surface area (Å²) in [6.07, 6.45) is 2.34. The second kappa shape index (κ2) is 5.49. The van der Waals surface area contributed by atoms with Crippen LogP contribution in [-0.2, 0) is 10.0 Å². The van der Waals surface area contributed by atoms with Gasteiger partial charge in [-0.1, -0.05) is 13.8 Å². The number of nitrogens with one attached hydrogen (secondary N) is 1. The van der Waals surface area contributed by atoms with E-state index in [1.54, 1.807) is 0 Å². The molecule has 1 aliphatic heterocycles. The Morgan fingerprint density at radius 2 is 2.15 bits per heavy atom. The number of hydrogen-bond donors (Lipinski definition) is 1. The fraction of sp³-hybridized carbons (Fsp3) is 0.538. The minimum Gasteiger partial charge on any atom is -0.335 e. The molecule has 0 bridgehead atoms. The Morgan fingerprint density at radius 1 is 1.45 bits per heavy atom. The van der Waals surface area contributed by atoms with Crippen molar-refractivity contribution in [1.82, 2.24) is 14.6 Å². The molecule has 0 aromatic carbocycles. The molecule has 1 atom stereocenters. The van der Waals surface area contributed by atoms with Crippen LogP contribution in [0, 0.1) is 5.92 Å². The molecule has 7 heteroatoms. The first-order valence-corrected chi connectivity index (χ1v) is 8.05. The number of nitrogens with zero attached hydrogens (tertiary/aromatic N) is 2. The quantitative estimate of drug-likeness (QED) is 0.894. The Labute approximate surface area is 119 Å². The highest BCUT2D eigenvalue weighted by Gasteiger charge is 2.34. The third-order valence-electron chi connectivity index (χ3n) is 3.62. The molecule has 0 radical (unpaired) electrons. The molecule has 0 saturated carbocycles. The van der Waals surface area contributed by atoms with Crippen molar-refractivity contribution in [2.45, 2.75) is 31.3 Å². The van der Waals surface area contributed by atoms with Gasteiger partial charge in [-0.25, -0.2) is 18.1 Å². The number of likely N-dealkylation sites (tertiary alicyclic amines) is 1. The van der Waals surface area contributed by atoms with Gasteiger partial charge >= 0.3 is 0 Å². The molecule has 0 spiro atoms. The molecular formula is C13H19N3O3S. The Balaban J connectivity index is 2.17. The summed E-state index contributed by atoms with van der Waals surface area (Å²) in [5.41, 5.74) is 0.422. The number of pyridine rings is 1. The maximum absolute atomic E-state index is 12.3. The Kier molecular flexibility index (Phi) is 4.10. The lowest BCUT2D eigenvalue weighted by molar-refractivity contribution is 0.0347. The smallest absolute Gasteiger partial charge is 0.257 e. The predicted octanol–water partition coefficient (Wildman–Crippen LogP) is 0.860. The van der Waals surface area contributed by atoms with Crippen LogP contribution in [0.1, 0.15) is 30.6 Å². The summed E-state index contributed by atoms with van der Waals surface area (Å²) in [4.78, 5) is 18.0. The number of carbonyl (C=O) groups excluding carboxylic acids is 1. The van der Waals surface area contributed by atoms with Gasteiger partial charge in [0.1, 0.15) is 0 Å². The van der Waals surface area contributed by atoms with Gasteiger partial charge in [-0.15, -0.1) is 0 Å². The van der Waals surface area contributed by atoms with E-state index in [2.05, 4.69) is 23.6 Å². The Hall–Kier alpha value is -1.47. The van der Waals surface area contributed by atoms with E-state index in [4.69, 9.17) is 0 Å². The SMILES string of the molecule is CNS(=O)(=O)c1ccc(C(=O)N2CC[C@H]2C(C)C)cn1. The van der Waals surface area contributed by atoms with Crippen LogP contribution in [0.25, 0.3) is 0 Å². The highest BCUT2D eigenvalue weighted by atomic mass is 32.2. The lowest BCUT2D eigenvalue weighted by atomic mass is 9.91. The summed E-state index contributed by atoms with van der Waals surface area (Å²) in [5.74, 6) is 0.334. The average molecular weight is 297 g/mol. The summed E-state index contributed by atoms with van der Waals surface area (Å²) in [5, 5.41) is -0.0828. The number of carbonyl (C=O) groups is 1. The summed E-state index contributed by atoms with van der Waals surface area (Å²) in [6, 6.07) is 3.13. The lowest BCUT2D eigenvalue weighted by Gasteiger charge is -2.43. The molecule has 6 nitrogen and oxygen atoms in total. The van der Waals surface area contributed by atoms with E-state index in [0.717, 1.165) is 13.0 Å². The van der Waals surface area contributed by atoms with Crippen molar-refractivity contribution >= 4 is 15.9 Å². The maximum Gasteiger partial charge on any atom is 0.257 e. The second-order valence-corrected chi connectivity index (χ2v) is 7.02. The average Bonchev–Trinajstić information content (AvgIpc) is 2.37.